The Morgan fingerprint density at radius 1 is 1.27 bits per heavy atom. The fourth-order valence-electron chi connectivity index (χ4n) is 2.61. The number of aryl methyl sites for hydroxylation is 1. The van der Waals surface area contributed by atoms with Crippen molar-refractivity contribution in [1.82, 2.24) is 5.32 Å². The Kier molecular flexibility index (Phi) is 5.45. The Hall–Kier alpha value is -1.56. The summed E-state index contributed by atoms with van der Waals surface area (Å²) < 4.78 is 41.4. The fraction of sp³-hybridized carbons (Fsp3) is 0.562. The maximum absolute atomic E-state index is 12.2. The first kappa shape index (κ1) is 16.8. The van der Waals surface area contributed by atoms with E-state index in [-0.39, 0.29) is 11.9 Å². The molecule has 2 atom stereocenters. The van der Waals surface area contributed by atoms with E-state index in [0.29, 0.717) is 18.4 Å². The first-order valence-electron chi connectivity index (χ1n) is 7.39. The summed E-state index contributed by atoms with van der Waals surface area (Å²) in [6, 6.07) is 7.05. The van der Waals surface area contributed by atoms with Gasteiger partial charge < -0.3 is 10.1 Å². The second-order valence-electron chi connectivity index (χ2n) is 5.75. The molecule has 0 aliphatic heterocycles. The van der Waals surface area contributed by atoms with Crippen molar-refractivity contribution in [3.63, 3.8) is 0 Å². The van der Waals surface area contributed by atoms with Crippen molar-refractivity contribution in [3.05, 3.63) is 35.4 Å². The maximum Gasteiger partial charge on any atom is 0.411 e. The van der Waals surface area contributed by atoms with Gasteiger partial charge in [0.2, 0.25) is 0 Å². The van der Waals surface area contributed by atoms with E-state index in [1.165, 1.54) is 0 Å². The number of hydrogen-bond acceptors (Lipinski definition) is 2. The molecule has 1 aromatic carbocycles. The van der Waals surface area contributed by atoms with Gasteiger partial charge in [0.15, 0.2) is 0 Å². The summed E-state index contributed by atoms with van der Waals surface area (Å²) in [6.45, 7) is 0.710. The Morgan fingerprint density at radius 2 is 1.95 bits per heavy atom. The van der Waals surface area contributed by atoms with Crippen molar-refractivity contribution in [3.8, 4) is 0 Å². The number of ether oxygens (including phenoxy) is 1. The molecule has 1 fully saturated rings. The lowest BCUT2D eigenvalue weighted by molar-refractivity contribution is -0.188. The lowest BCUT2D eigenvalue weighted by Gasteiger charge is -2.30. The number of benzene rings is 1. The number of amides is 1. The molecule has 0 heterocycles. The summed E-state index contributed by atoms with van der Waals surface area (Å²) >= 11 is 0. The van der Waals surface area contributed by atoms with Gasteiger partial charge in [0.05, 0.1) is 6.10 Å². The lowest BCUT2D eigenvalue weighted by Crippen LogP contribution is -2.41. The summed E-state index contributed by atoms with van der Waals surface area (Å²) in [5, 5.41) is 2.88. The van der Waals surface area contributed by atoms with E-state index >= 15 is 0 Å². The first-order valence-corrected chi connectivity index (χ1v) is 7.39. The van der Waals surface area contributed by atoms with Crippen LogP contribution in [-0.2, 0) is 4.74 Å². The molecule has 2 rings (SSSR count). The summed E-state index contributed by atoms with van der Waals surface area (Å²) in [5.41, 5.74) is 1.62. The van der Waals surface area contributed by atoms with Gasteiger partial charge in [0.25, 0.3) is 5.91 Å². The zero-order valence-corrected chi connectivity index (χ0v) is 12.5. The zero-order chi connectivity index (χ0) is 16.2. The lowest BCUT2D eigenvalue weighted by atomic mass is 9.92. The van der Waals surface area contributed by atoms with Crippen LogP contribution in [0.5, 0.6) is 0 Å². The molecule has 0 aromatic heterocycles. The number of nitrogens with one attached hydrogen (secondary N) is 1. The minimum atomic E-state index is -4.31. The SMILES string of the molecule is Cc1ccc(C(=O)N[C@@H]2CCC[C@H](OCC(F)(F)F)C2)cc1. The van der Waals surface area contributed by atoms with Crippen LogP contribution in [-0.4, -0.2) is 30.8 Å². The average molecular weight is 315 g/mol. The highest BCUT2D eigenvalue weighted by molar-refractivity contribution is 5.94. The van der Waals surface area contributed by atoms with Crippen LogP contribution in [0.3, 0.4) is 0 Å². The molecule has 3 nitrogen and oxygen atoms in total. The number of hydrogen-bond donors (Lipinski definition) is 1. The number of rotatable bonds is 4. The van der Waals surface area contributed by atoms with Gasteiger partial charge in [-0.25, -0.2) is 0 Å². The third-order valence-electron chi connectivity index (χ3n) is 3.76. The summed E-state index contributed by atoms with van der Waals surface area (Å²) in [7, 11) is 0. The second kappa shape index (κ2) is 7.13. The molecule has 0 unspecified atom stereocenters. The molecule has 1 aliphatic carbocycles. The summed E-state index contributed by atoms with van der Waals surface area (Å²) in [6.07, 6.45) is -2.21. The van der Waals surface area contributed by atoms with Crippen LogP contribution in [0.2, 0.25) is 0 Å². The minimum absolute atomic E-state index is 0.138. The van der Waals surface area contributed by atoms with Gasteiger partial charge >= 0.3 is 6.18 Å². The van der Waals surface area contributed by atoms with E-state index < -0.39 is 18.9 Å². The summed E-state index contributed by atoms with van der Waals surface area (Å²) in [4.78, 5) is 12.1. The highest BCUT2D eigenvalue weighted by Gasteiger charge is 2.31. The average Bonchev–Trinajstić information content (AvgIpc) is 2.45. The van der Waals surface area contributed by atoms with Gasteiger partial charge in [0, 0.05) is 11.6 Å². The number of carbonyl (C=O) groups is 1. The van der Waals surface area contributed by atoms with Gasteiger partial charge in [-0.1, -0.05) is 17.7 Å². The van der Waals surface area contributed by atoms with Crippen LogP contribution >= 0.6 is 0 Å². The van der Waals surface area contributed by atoms with E-state index in [9.17, 15) is 18.0 Å². The van der Waals surface area contributed by atoms with E-state index in [1.807, 2.05) is 19.1 Å². The van der Waals surface area contributed by atoms with Crippen LogP contribution in [0.1, 0.15) is 41.6 Å². The Labute approximate surface area is 127 Å². The monoisotopic (exact) mass is 315 g/mol. The van der Waals surface area contributed by atoms with E-state index in [2.05, 4.69) is 5.32 Å². The van der Waals surface area contributed by atoms with Crippen LogP contribution in [0, 0.1) is 6.92 Å². The molecule has 0 saturated heterocycles. The molecule has 1 amide bonds. The van der Waals surface area contributed by atoms with Crippen LogP contribution < -0.4 is 5.32 Å². The van der Waals surface area contributed by atoms with Crippen LogP contribution in [0.25, 0.3) is 0 Å². The van der Waals surface area contributed by atoms with Crippen molar-refractivity contribution in [2.45, 2.75) is 50.9 Å². The molecule has 22 heavy (non-hydrogen) atoms. The van der Waals surface area contributed by atoms with Gasteiger partial charge in [0.1, 0.15) is 6.61 Å². The molecule has 122 valence electrons. The largest absolute Gasteiger partial charge is 0.411 e. The van der Waals surface area contributed by atoms with Gasteiger partial charge in [-0.05, 0) is 44.7 Å². The standard InChI is InChI=1S/C16H20F3NO2/c1-11-5-7-12(8-6-11)15(21)20-13-3-2-4-14(9-13)22-10-16(17,18)19/h5-8,13-14H,2-4,9-10H2,1H3,(H,20,21)/t13-,14+/m1/s1. The highest BCUT2D eigenvalue weighted by Crippen LogP contribution is 2.24. The number of carbonyl (C=O) groups excluding carboxylic acids is 1. The van der Waals surface area contributed by atoms with Crippen molar-refractivity contribution in [2.24, 2.45) is 0 Å². The third kappa shape index (κ3) is 5.33. The number of alkyl halides is 3. The van der Waals surface area contributed by atoms with E-state index in [0.717, 1.165) is 18.4 Å². The van der Waals surface area contributed by atoms with Crippen molar-refractivity contribution < 1.29 is 22.7 Å². The Morgan fingerprint density at radius 3 is 2.59 bits per heavy atom. The zero-order valence-electron chi connectivity index (χ0n) is 12.5. The predicted molar refractivity (Wildman–Crippen MR) is 76.7 cm³/mol. The number of halogens is 3. The first-order chi connectivity index (χ1) is 10.3. The molecule has 0 radical (unpaired) electrons. The predicted octanol–water partition coefficient (Wildman–Crippen LogP) is 3.61. The molecule has 0 bridgehead atoms. The van der Waals surface area contributed by atoms with Gasteiger partial charge in [-0.3, -0.25) is 4.79 Å². The van der Waals surface area contributed by atoms with E-state index in [1.54, 1.807) is 12.1 Å². The minimum Gasteiger partial charge on any atom is -0.369 e. The fourth-order valence-corrected chi connectivity index (χ4v) is 2.61. The molecule has 6 heteroatoms. The Bertz CT molecular complexity index is 499. The normalized spacial score (nSPS) is 22.4. The van der Waals surface area contributed by atoms with Gasteiger partial charge in [-0.2, -0.15) is 13.2 Å². The molecule has 1 N–H and O–H groups in total. The van der Waals surface area contributed by atoms with E-state index in [4.69, 9.17) is 4.74 Å². The summed E-state index contributed by atoms with van der Waals surface area (Å²) in [5.74, 6) is -0.193. The van der Waals surface area contributed by atoms with Crippen molar-refractivity contribution in [2.75, 3.05) is 6.61 Å². The van der Waals surface area contributed by atoms with Crippen LogP contribution in [0.15, 0.2) is 24.3 Å². The highest BCUT2D eigenvalue weighted by atomic mass is 19.4. The third-order valence-corrected chi connectivity index (χ3v) is 3.76. The quantitative estimate of drug-likeness (QED) is 0.921. The topological polar surface area (TPSA) is 38.3 Å². The molecule has 0 spiro atoms. The second-order valence-corrected chi connectivity index (χ2v) is 5.75. The molecule has 1 aliphatic rings. The van der Waals surface area contributed by atoms with Crippen LogP contribution in [0.4, 0.5) is 13.2 Å². The Balaban J connectivity index is 1.84. The molecule has 1 saturated carbocycles. The van der Waals surface area contributed by atoms with Crippen molar-refractivity contribution >= 4 is 5.91 Å². The molecular weight excluding hydrogens is 295 g/mol. The smallest absolute Gasteiger partial charge is 0.369 e. The maximum atomic E-state index is 12.2. The molecule has 1 aromatic rings. The van der Waals surface area contributed by atoms with Gasteiger partial charge in [-0.15, -0.1) is 0 Å². The molecular formula is C16H20F3NO2. The van der Waals surface area contributed by atoms with Crippen molar-refractivity contribution in [1.29, 1.82) is 0 Å².